The van der Waals surface area contributed by atoms with E-state index in [9.17, 15) is 0 Å². The highest BCUT2D eigenvalue weighted by molar-refractivity contribution is 5.82. The Balaban J connectivity index is 1.23. The molecule has 3 heterocycles. The first kappa shape index (κ1) is 20.4. The van der Waals surface area contributed by atoms with Gasteiger partial charge >= 0.3 is 0 Å². The van der Waals surface area contributed by atoms with Crippen molar-refractivity contribution in [1.29, 1.82) is 0 Å². The molecule has 2 atom stereocenters. The summed E-state index contributed by atoms with van der Waals surface area (Å²) in [4.78, 5) is 12.1. The number of ether oxygens (including phenoxy) is 1. The second-order valence-corrected chi connectivity index (χ2v) is 8.96. The molecule has 2 aromatic carbocycles. The van der Waals surface area contributed by atoms with Gasteiger partial charge in [-0.2, -0.15) is 0 Å². The lowest BCUT2D eigenvalue weighted by molar-refractivity contribution is 0.0404. The largest absolute Gasteiger partial charge is 0.372 e. The molecule has 0 amide bonds. The van der Waals surface area contributed by atoms with Crippen LogP contribution in [0.5, 0.6) is 0 Å². The molecule has 3 aromatic rings. The second-order valence-electron chi connectivity index (χ2n) is 8.96. The maximum absolute atomic E-state index is 6.09. The molecule has 5 heteroatoms. The molecule has 0 radical (unpaired) electrons. The smallest absolute Gasteiger partial charge is 0.226 e. The molecular formula is C26H32N4O. The molecule has 1 saturated heterocycles. The summed E-state index contributed by atoms with van der Waals surface area (Å²) in [5, 5.41) is 4.95. The van der Waals surface area contributed by atoms with E-state index in [-0.39, 0.29) is 6.10 Å². The quantitative estimate of drug-likeness (QED) is 0.678. The number of benzene rings is 2. The summed E-state index contributed by atoms with van der Waals surface area (Å²) in [5.41, 5.74) is 6.14. The number of hydrogen-bond donors (Lipinski definition) is 1. The predicted octanol–water partition coefficient (Wildman–Crippen LogP) is 4.51. The molecule has 5 rings (SSSR count). The van der Waals surface area contributed by atoms with E-state index in [0.717, 1.165) is 68.0 Å². The van der Waals surface area contributed by atoms with Crippen LogP contribution < -0.4 is 10.2 Å². The molecule has 0 spiro atoms. The Bertz CT molecular complexity index is 1070. The van der Waals surface area contributed by atoms with Gasteiger partial charge < -0.3 is 15.0 Å². The summed E-state index contributed by atoms with van der Waals surface area (Å²) in [6.45, 7) is 7.90. The summed E-state index contributed by atoms with van der Waals surface area (Å²) in [6, 6.07) is 15.7. The maximum atomic E-state index is 6.09. The zero-order valence-corrected chi connectivity index (χ0v) is 18.6. The van der Waals surface area contributed by atoms with Crippen molar-refractivity contribution in [3.05, 3.63) is 64.8 Å². The first-order chi connectivity index (χ1) is 15.2. The van der Waals surface area contributed by atoms with Crippen molar-refractivity contribution in [3.8, 4) is 0 Å². The normalized spacial score (nSPS) is 21.7. The van der Waals surface area contributed by atoms with Gasteiger partial charge in [0.1, 0.15) is 0 Å². The topological polar surface area (TPSA) is 50.3 Å². The van der Waals surface area contributed by atoms with Crippen LogP contribution in [0.3, 0.4) is 0 Å². The zero-order valence-electron chi connectivity index (χ0n) is 18.6. The number of hydrogen-bond acceptors (Lipinski definition) is 5. The minimum atomic E-state index is 0.166. The average Bonchev–Trinajstić information content (AvgIpc) is 3.03. The van der Waals surface area contributed by atoms with E-state index < -0.39 is 0 Å². The van der Waals surface area contributed by atoms with Crippen LogP contribution in [0.2, 0.25) is 0 Å². The van der Waals surface area contributed by atoms with Crippen molar-refractivity contribution < 1.29 is 4.74 Å². The molecule has 0 aliphatic carbocycles. The molecule has 31 heavy (non-hydrogen) atoms. The second kappa shape index (κ2) is 8.93. The highest BCUT2D eigenvalue weighted by atomic mass is 16.5. The summed E-state index contributed by atoms with van der Waals surface area (Å²) in [7, 11) is 0. The summed E-state index contributed by atoms with van der Waals surface area (Å²) < 4.78 is 6.09. The number of nitrogens with zero attached hydrogens (tertiary/aromatic N) is 3. The number of anilines is 1. The Hall–Kier alpha value is -2.50. The third-order valence-electron chi connectivity index (χ3n) is 6.73. The highest BCUT2D eigenvalue weighted by Gasteiger charge is 2.23. The first-order valence-corrected chi connectivity index (χ1v) is 11.6. The summed E-state index contributed by atoms with van der Waals surface area (Å²) >= 11 is 0. The fourth-order valence-electron chi connectivity index (χ4n) is 4.94. The molecular weight excluding hydrogens is 384 g/mol. The van der Waals surface area contributed by atoms with Crippen LogP contribution in [-0.2, 0) is 11.2 Å². The molecule has 2 aliphatic rings. The Morgan fingerprint density at radius 3 is 2.90 bits per heavy atom. The molecule has 1 fully saturated rings. The number of aryl methyl sites for hydroxylation is 2. The van der Waals surface area contributed by atoms with Crippen molar-refractivity contribution in [2.24, 2.45) is 0 Å². The van der Waals surface area contributed by atoms with Crippen LogP contribution in [0.1, 0.15) is 47.8 Å². The number of nitrogens with one attached hydrogen (secondary N) is 1. The van der Waals surface area contributed by atoms with Gasteiger partial charge in [-0.3, -0.25) is 0 Å². The van der Waals surface area contributed by atoms with Crippen molar-refractivity contribution in [1.82, 2.24) is 15.3 Å². The Morgan fingerprint density at radius 1 is 1.06 bits per heavy atom. The lowest BCUT2D eigenvalue weighted by atomic mass is 9.97. The van der Waals surface area contributed by atoms with E-state index in [2.05, 4.69) is 66.5 Å². The molecule has 5 nitrogen and oxygen atoms in total. The van der Waals surface area contributed by atoms with Gasteiger partial charge in [-0.05, 0) is 62.3 Å². The lowest BCUT2D eigenvalue weighted by Crippen LogP contribution is -2.36. The fraction of sp³-hybridized carbons (Fsp3) is 0.462. The average molecular weight is 417 g/mol. The van der Waals surface area contributed by atoms with Gasteiger partial charge in [-0.15, -0.1) is 0 Å². The monoisotopic (exact) mass is 416 g/mol. The maximum Gasteiger partial charge on any atom is 0.226 e. The van der Waals surface area contributed by atoms with E-state index in [0.29, 0.717) is 6.04 Å². The van der Waals surface area contributed by atoms with Gasteiger partial charge in [-0.25, -0.2) is 9.97 Å². The van der Waals surface area contributed by atoms with E-state index in [1.54, 1.807) is 0 Å². The van der Waals surface area contributed by atoms with Crippen LogP contribution in [0.4, 0.5) is 5.95 Å². The van der Waals surface area contributed by atoms with Gasteiger partial charge in [0, 0.05) is 31.1 Å². The van der Waals surface area contributed by atoms with Gasteiger partial charge in [-0.1, -0.05) is 36.4 Å². The molecule has 0 saturated carbocycles. The molecule has 1 aromatic heterocycles. The Kier molecular flexibility index (Phi) is 5.88. The molecule has 0 unspecified atom stereocenters. The predicted molar refractivity (Wildman–Crippen MR) is 126 cm³/mol. The summed E-state index contributed by atoms with van der Waals surface area (Å²) in [6.07, 6.45) is 4.61. The van der Waals surface area contributed by atoms with Gasteiger partial charge in [0.05, 0.1) is 23.9 Å². The van der Waals surface area contributed by atoms with E-state index in [1.165, 1.54) is 23.1 Å². The van der Waals surface area contributed by atoms with Crippen LogP contribution in [0, 0.1) is 13.8 Å². The standard InChI is InChI=1S/C26H32N4O/c1-18-9-10-22-19(2)28-26(29-24(22)16-18)30-13-5-7-21(11-14-30)27-17-25-23-8-4-3-6-20(23)12-15-31-25/h3-4,6,8-10,16,21,25,27H,5,7,11-15,17H2,1-2H3/t21-,25-/m0/s1. The van der Waals surface area contributed by atoms with Gasteiger partial charge in [0.15, 0.2) is 0 Å². The zero-order chi connectivity index (χ0) is 21.2. The molecule has 162 valence electrons. The summed E-state index contributed by atoms with van der Waals surface area (Å²) in [5.74, 6) is 0.876. The third kappa shape index (κ3) is 4.43. The van der Waals surface area contributed by atoms with Crippen LogP contribution >= 0.6 is 0 Å². The Labute approximate surface area is 184 Å². The molecule has 1 N–H and O–H groups in total. The van der Waals surface area contributed by atoms with Crippen molar-refractivity contribution in [3.63, 3.8) is 0 Å². The fourth-order valence-corrected chi connectivity index (χ4v) is 4.94. The minimum absolute atomic E-state index is 0.166. The SMILES string of the molecule is Cc1ccc2c(C)nc(N3CCC[C@H](NC[C@@H]4OCCc5ccccc54)CC3)nc2c1. The minimum Gasteiger partial charge on any atom is -0.372 e. The first-order valence-electron chi connectivity index (χ1n) is 11.6. The van der Waals surface area contributed by atoms with Crippen molar-refractivity contribution in [2.75, 3.05) is 31.1 Å². The van der Waals surface area contributed by atoms with E-state index in [1.807, 2.05) is 0 Å². The van der Waals surface area contributed by atoms with Crippen LogP contribution in [0.25, 0.3) is 10.9 Å². The molecule has 2 aliphatic heterocycles. The van der Waals surface area contributed by atoms with Crippen molar-refractivity contribution >= 4 is 16.9 Å². The van der Waals surface area contributed by atoms with Gasteiger partial charge in [0.25, 0.3) is 0 Å². The van der Waals surface area contributed by atoms with Crippen LogP contribution in [0.15, 0.2) is 42.5 Å². The van der Waals surface area contributed by atoms with E-state index in [4.69, 9.17) is 14.7 Å². The van der Waals surface area contributed by atoms with Crippen LogP contribution in [-0.4, -0.2) is 42.3 Å². The van der Waals surface area contributed by atoms with Gasteiger partial charge in [0.2, 0.25) is 5.95 Å². The molecule has 0 bridgehead atoms. The third-order valence-corrected chi connectivity index (χ3v) is 6.73. The Morgan fingerprint density at radius 2 is 1.97 bits per heavy atom. The highest BCUT2D eigenvalue weighted by Crippen LogP contribution is 2.27. The number of fused-ring (bicyclic) bond motifs is 2. The van der Waals surface area contributed by atoms with Crippen molar-refractivity contribution in [2.45, 2.75) is 51.7 Å². The lowest BCUT2D eigenvalue weighted by Gasteiger charge is -2.28. The van der Waals surface area contributed by atoms with E-state index >= 15 is 0 Å². The number of aromatic nitrogens is 2. The number of rotatable bonds is 4.